The molecule has 1 atom stereocenters. The van der Waals surface area contributed by atoms with Crippen LogP contribution in [0.3, 0.4) is 0 Å². The number of amides is 1. The van der Waals surface area contributed by atoms with E-state index in [-0.39, 0.29) is 33.6 Å². The Kier molecular flexibility index (Phi) is 8.47. The Labute approximate surface area is 189 Å². The van der Waals surface area contributed by atoms with Gasteiger partial charge < -0.3 is 18.9 Å². The molecule has 0 spiro atoms. The molecule has 0 radical (unpaired) electrons. The number of para-hydroxylation sites is 1. The molecule has 2 aromatic carbocycles. The topological polar surface area (TPSA) is 99.0 Å². The summed E-state index contributed by atoms with van der Waals surface area (Å²) >= 11 is 12.5. The van der Waals surface area contributed by atoms with Crippen molar-refractivity contribution in [2.24, 2.45) is 10.2 Å². The van der Waals surface area contributed by atoms with E-state index >= 15 is 0 Å². The third kappa shape index (κ3) is 5.18. The van der Waals surface area contributed by atoms with Crippen molar-refractivity contribution in [3.05, 3.63) is 35.4 Å². The number of azo groups is 1. The number of methoxy groups -OCH3 is 4. The molecule has 2 rings (SSSR count). The zero-order valence-corrected chi connectivity index (χ0v) is 19.0. The number of hydrogen-bond acceptors (Lipinski definition) is 8. The molecule has 0 aliphatic carbocycles. The monoisotopic (exact) mass is 469 g/mol. The van der Waals surface area contributed by atoms with Crippen LogP contribution in [0.2, 0.25) is 5.02 Å². The number of ketones is 1. The van der Waals surface area contributed by atoms with Gasteiger partial charge in [-0.05, 0) is 31.2 Å². The summed E-state index contributed by atoms with van der Waals surface area (Å²) in [6.07, 6.45) is 0. The summed E-state index contributed by atoms with van der Waals surface area (Å²) in [5.41, 5.74) is 0.305. The number of anilines is 1. The molecule has 166 valence electrons. The molecule has 31 heavy (non-hydrogen) atoms. The van der Waals surface area contributed by atoms with Crippen LogP contribution in [-0.4, -0.2) is 46.2 Å². The van der Waals surface area contributed by atoms with Gasteiger partial charge in [-0.25, -0.2) is 4.42 Å². The lowest BCUT2D eigenvalue weighted by molar-refractivity contribution is -0.126. The second-order valence-electron chi connectivity index (χ2n) is 5.99. The molecule has 1 unspecified atom stereocenters. The van der Waals surface area contributed by atoms with E-state index in [9.17, 15) is 9.59 Å². The predicted molar refractivity (Wildman–Crippen MR) is 116 cm³/mol. The Balaban J connectivity index is 2.42. The fourth-order valence-corrected chi connectivity index (χ4v) is 3.15. The van der Waals surface area contributed by atoms with E-state index in [1.165, 1.54) is 41.4 Å². The SMILES string of the molecule is COc1ccc(N=NC(C(C)=O)C(=O)N(Cl)c2c(OC)cccc2OC)c(Cl)c1OC. The van der Waals surface area contributed by atoms with Crippen molar-refractivity contribution in [3.63, 3.8) is 0 Å². The van der Waals surface area contributed by atoms with Gasteiger partial charge in [0, 0.05) is 11.8 Å². The van der Waals surface area contributed by atoms with Gasteiger partial charge >= 0.3 is 0 Å². The summed E-state index contributed by atoms with van der Waals surface area (Å²) in [7, 11) is 5.70. The lowest BCUT2D eigenvalue weighted by atomic mass is 10.2. The highest BCUT2D eigenvalue weighted by atomic mass is 35.5. The van der Waals surface area contributed by atoms with Gasteiger partial charge in [0.15, 0.2) is 17.3 Å². The number of benzene rings is 2. The first-order valence-electron chi connectivity index (χ1n) is 8.83. The minimum absolute atomic E-state index is 0.106. The normalized spacial score (nSPS) is 11.7. The summed E-state index contributed by atoms with van der Waals surface area (Å²) in [5, 5.41) is 7.95. The second-order valence-corrected chi connectivity index (χ2v) is 6.71. The third-order valence-corrected chi connectivity index (χ3v) is 4.86. The minimum atomic E-state index is -1.53. The first-order valence-corrected chi connectivity index (χ1v) is 9.54. The van der Waals surface area contributed by atoms with Gasteiger partial charge in [-0.1, -0.05) is 17.7 Å². The van der Waals surface area contributed by atoms with Crippen LogP contribution < -0.4 is 23.4 Å². The number of hydrogen-bond donors (Lipinski definition) is 0. The molecule has 0 heterocycles. The maximum absolute atomic E-state index is 13.0. The Hall–Kier alpha value is -3.04. The summed E-state index contributed by atoms with van der Waals surface area (Å²) in [6, 6.07) is 6.39. The van der Waals surface area contributed by atoms with Crippen LogP contribution in [-0.2, 0) is 9.59 Å². The van der Waals surface area contributed by atoms with E-state index in [0.29, 0.717) is 5.75 Å². The van der Waals surface area contributed by atoms with Gasteiger partial charge in [0.05, 0.1) is 28.4 Å². The summed E-state index contributed by atoms with van der Waals surface area (Å²) < 4.78 is 21.6. The fraction of sp³-hybridized carbons (Fsp3) is 0.300. The van der Waals surface area contributed by atoms with Crippen LogP contribution in [0.1, 0.15) is 6.92 Å². The zero-order chi connectivity index (χ0) is 23.1. The molecule has 0 aliphatic rings. The van der Waals surface area contributed by atoms with E-state index in [1.54, 1.807) is 24.3 Å². The molecule has 0 saturated carbocycles. The first-order chi connectivity index (χ1) is 14.8. The molecule has 0 bridgehead atoms. The van der Waals surface area contributed by atoms with Gasteiger partial charge in [-0.15, -0.1) is 0 Å². The van der Waals surface area contributed by atoms with Crippen LogP contribution in [0, 0.1) is 0 Å². The maximum Gasteiger partial charge on any atom is 0.276 e. The van der Waals surface area contributed by atoms with Crippen molar-refractivity contribution in [2.75, 3.05) is 32.9 Å². The molecule has 2 aromatic rings. The average Bonchev–Trinajstić information content (AvgIpc) is 2.78. The van der Waals surface area contributed by atoms with E-state index < -0.39 is 17.7 Å². The van der Waals surface area contributed by atoms with Gasteiger partial charge in [0.25, 0.3) is 5.91 Å². The Morgan fingerprint density at radius 1 is 0.935 bits per heavy atom. The maximum atomic E-state index is 13.0. The van der Waals surface area contributed by atoms with Crippen molar-refractivity contribution >= 4 is 46.4 Å². The highest BCUT2D eigenvalue weighted by Crippen LogP contribution is 2.42. The molecule has 11 heteroatoms. The molecular weight excluding hydrogens is 449 g/mol. The summed E-state index contributed by atoms with van der Waals surface area (Å²) in [6.45, 7) is 1.20. The largest absolute Gasteiger partial charge is 0.494 e. The second kappa shape index (κ2) is 10.8. The Morgan fingerprint density at radius 2 is 1.52 bits per heavy atom. The van der Waals surface area contributed by atoms with Crippen molar-refractivity contribution in [2.45, 2.75) is 13.0 Å². The number of halogens is 2. The number of ether oxygens (including phenoxy) is 4. The van der Waals surface area contributed by atoms with Crippen LogP contribution in [0.5, 0.6) is 23.0 Å². The van der Waals surface area contributed by atoms with E-state index in [0.717, 1.165) is 4.42 Å². The number of nitrogens with zero attached hydrogens (tertiary/aromatic N) is 3. The number of carbonyl (C=O) groups excluding carboxylic acids is 2. The molecule has 0 saturated heterocycles. The van der Waals surface area contributed by atoms with Gasteiger partial charge in [0.2, 0.25) is 6.04 Å². The molecule has 0 fully saturated rings. The van der Waals surface area contributed by atoms with E-state index in [2.05, 4.69) is 10.2 Å². The average molecular weight is 470 g/mol. The lowest BCUT2D eigenvalue weighted by Crippen LogP contribution is -2.36. The van der Waals surface area contributed by atoms with Crippen LogP contribution >= 0.6 is 23.4 Å². The quantitative estimate of drug-likeness (QED) is 0.302. The smallest absolute Gasteiger partial charge is 0.276 e. The highest BCUT2D eigenvalue weighted by Gasteiger charge is 2.32. The zero-order valence-electron chi connectivity index (χ0n) is 17.5. The van der Waals surface area contributed by atoms with Gasteiger partial charge in [-0.2, -0.15) is 10.2 Å². The Morgan fingerprint density at radius 3 is 2.00 bits per heavy atom. The molecule has 9 nitrogen and oxygen atoms in total. The lowest BCUT2D eigenvalue weighted by Gasteiger charge is -2.21. The number of rotatable bonds is 9. The standard InChI is InChI=1S/C20H21Cl2N3O6/c1-11(26)17(24-23-12-9-10-15(30-4)19(31-5)16(12)21)20(27)25(22)18-13(28-2)7-6-8-14(18)29-3/h6-10,17H,1-5H3. The molecule has 1 amide bonds. The van der Waals surface area contributed by atoms with E-state index in [4.69, 9.17) is 42.3 Å². The first kappa shape index (κ1) is 24.2. The summed E-state index contributed by atoms with van der Waals surface area (Å²) in [5.74, 6) is -0.262. The predicted octanol–water partition coefficient (Wildman–Crippen LogP) is 4.60. The van der Waals surface area contributed by atoms with Crippen molar-refractivity contribution in [1.82, 2.24) is 0 Å². The Bertz CT molecular complexity index is 977. The van der Waals surface area contributed by atoms with Gasteiger partial charge in [0.1, 0.15) is 27.9 Å². The molecule has 0 aromatic heterocycles. The fourth-order valence-electron chi connectivity index (χ4n) is 2.62. The van der Waals surface area contributed by atoms with Crippen LogP contribution in [0.25, 0.3) is 0 Å². The third-order valence-electron chi connectivity index (χ3n) is 4.16. The summed E-state index contributed by atoms with van der Waals surface area (Å²) in [4.78, 5) is 25.1. The van der Waals surface area contributed by atoms with Crippen LogP contribution in [0.15, 0.2) is 40.6 Å². The minimum Gasteiger partial charge on any atom is -0.494 e. The number of carbonyl (C=O) groups is 2. The van der Waals surface area contributed by atoms with Gasteiger partial charge in [-0.3, -0.25) is 9.59 Å². The highest BCUT2D eigenvalue weighted by molar-refractivity contribution is 6.40. The molecular formula is C20H21Cl2N3O6. The number of Topliss-reactive ketones (excluding diaryl/α,β-unsaturated/α-hetero) is 1. The van der Waals surface area contributed by atoms with Crippen molar-refractivity contribution in [1.29, 1.82) is 0 Å². The van der Waals surface area contributed by atoms with E-state index in [1.807, 2.05) is 0 Å². The van der Waals surface area contributed by atoms with Crippen LogP contribution in [0.4, 0.5) is 11.4 Å². The van der Waals surface area contributed by atoms with Crippen molar-refractivity contribution < 1.29 is 28.5 Å². The van der Waals surface area contributed by atoms with Crippen molar-refractivity contribution in [3.8, 4) is 23.0 Å². The molecule has 0 aliphatic heterocycles. The molecule has 0 N–H and O–H groups in total.